The standard InChI is InChI=1S/C20H19BrN4O3/c1-12(26)14-6-4-5-7-17(14)24-20(27)23-13-8-9-18(28-3)15(10-13)19-16(21)11-22-25(19)2/h4-11H,1-3H3,(H2,23,24,27). The number of Topliss-reactive ketones (excluding diaryl/α,β-unsaturated/α-hetero) is 1. The minimum absolute atomic E-state index is 0.122. The molecular formula is C20H19BrN4O3. The molecule has 0 unspecified atom stereocenters. The van der Waals surface area contributed by atoms with Gasteiger partial charge in [0.15, 0.2) is 5.78 Å². The van der Waals surface area contributed by atoms with Gasteiger partial charge in [-0.3, -0.25) is 9.48 Å². The smallest absolute Gasteiger partial charge is 0.323 e. The number of anilines is 2. The number of ether oxygens (including phenoxy) is 1. The summed E-state index contributed by atoms with van der Waals surface area (Å²) in [5, 5.41) is 9.73. The molecule has 0 atom stereocenters. The van der Waals surface area contributed by atoms with E-state index in [1.807, 2.05) is 7.05 Å². The molecule has 3 rings (SSSR count). The van der Waals surface area contributed by atoms with E-state index >= 15 is 0 Å². The monoisotopic (exact) mass is 442 g/mol. The Labute approximate surface area is 170 Å². The van der Waals surface area contributed by atoms with Gasteiger partial charge in [-0.2, -0.15) is 5.10 Å². The minimum Gasteiger partial charge on any atom is -0.496 e. The van der Waals surface area contributed by atoms with Gasteiger partial charge in [0.2, 0.25) is 0 Å². The molecule has 8 heteroatoms. The Balaban J connectivity index is 1.87. The number of aryl methyl sites for hydroxylation is 1. The van der Waals surface area contributed by atoms with Gasteiger partial charge >= 0.3 is 6.03 Å². The van der Waals surface area contributed by atoms with Crippen LogP contribution in [0.1, 0.15) is 17.3 Å². The number of nitrogens with one attached hydrogen (secondary N) is 2. The molecule has 0 saturated carbocycles. The van der Waals surface area contributed by atoms with Gasteiger partial charge in [0, 0.05) is 23.9 Å². The van der Waals surface area contributed by atoms with Crippen molar-refractivity contribution in [2.45, 2.75) is 6.92 Å². The lowest BCUT2D eigenvalue weighted by atomic mass is 10.1. The third-order valence-electron chi connectivity index (χ3n) is 4.16. The second-order valence-electron chi connectivity index (χ2n) is 6.06. The zero-order valence-electron chi connectivity index (χ0n) is 15.6. The Morgan fingerprint density at radius 2 is 1.89 bits per heavy atom. The van der Waals surface area contributed by atoms with E-state index in [1.54, 1.807) is 60.5 Å². The molecule has 144 valence electrons. The van der Waals surface area contributed by atoms with Crippen LogP contribution in [0.4, 0.5) is 16.2 Å². The van der Waals surface area contributed by atoms with Crippen LogP contribution in [0.15, 0.2) is 53.1 Å². The molecule has 3 aromatic rings. The number of methoxy groups -OCH3 is 1. The Hall–Kier alpha value is -3.13. The van der Waals surface area contributed by atoms with E-state index in [4.69, 9.17) is 4.74 Å². The lowest BCUT2D eigenvalue weighted by molar-refractivity contribution is 0.101. The molecule has 0 aliphatic carbocycles. The van der Waals surface area contributed by atoms with Crippen LogP contribution < -0.4 is 15.4 Å². The topological polar surface area (TPSA) is 85.2 Å². The van der Waals surface area contributed by atoms with Crippen LogP contribution in [0.3, 0.4) is 0 Å². The van der Waals surface area contributed by atoms with Gasteiger partial charge < -0.3 is 15.4 Å². The molecule has 28 heavy (non-hydrogen) atoms. The van der Waals surface area contributed by atoms with Crippen LogP contribution in [0.2, 0.25) is 0 Å². The van der Waals surface area contributed by atoms with Gasteiger partial charge in [0.25, 0.3) is 0 Å². The third kappa shape index (κ3) is 4.07. The number of ketones is 1. The number of hydrogen-bond acceptors (Lipinski definition) is 4. The summed E-state index contributed by atoms with van der Waals surface area (Å²) in [7, 11) is 3.41. The number of rotatable bonds is 5. The SMILES string of the molecule is COc1ccc(NC(=O)Nc2ccccc2C(C)=O)cc1-c1c(Br)cnn1C. The maximum Gasteiger partial charge on any atom is 0.323 e. The zero-order valence-corrected chi connectivity index (χ0v) is 17.2. The number of amides is 2. The summed E-state index contributed by atoms with van der Waals surface area (Å²) in [6.07, 6.45) is 1.69. The quantitative estimate of drug-likeness (QED) is 0.560. The molecule has 0 radical (unpaired) electrons. The van der Waals surface area contributed by atoms with Crippen molar-refractivity contribution in [2.24, 2.45) is 7.05 Å². The molecule has 0 aliphatic rings. The van der Waals surface area contributed by atoms with Crippen molar-refractivity contribution in [1.82, 2.24) is 9.78 Å². The molecule has 1 heterocycles. The van der Waals surface area contributed by atoms with Crippen LogP contribution in [0.5, 0.6) is 5.75 Å². The second-order valence-corrected chi connectivity index (χ2v) is 6.92. The van der Waals surface area contributed by atoms with Crippen LogP contribution in [-0.2, 0) is 7.05 Å². The van der Waals surface area contributed by atoms with E-state index in [9.17, 15) is 9.59 Å². The van der Waals surface area contributed by atoms with E-state index in [-0.39, 0.29) is 5.78 Å². The predicted octanol–water partition coefficient (Wildman–Crippen LogP) is 4.70. The Morgan fingerprint density at radius 3 is 2.54 bits per heavy atom. The molecule has 2 aromatic carbocycles. The van der Waals surface area contributed by atoms with Crippen molar-refractivity contribution >= 4 is 39.1 Å². The van der Waals surface area contributed by atoms with Gasteiger partial charge in [0.05, 0.1) is 29.2 Å². The molecule has 0 saturated heterocycles. The summed E-state index contributed by atoms with van der Waals surface area (Å²) in [5.41, 5.74) is 3.07. The highest BCUT2D eigenvalue weighted by Gasteiger charge is 2.16. The van der Waals surface area contributed by atoms with E-state index in [2.05, 4.69) is 31.7 Å². The van der Waals surface area contributed by atoms with Crippen LogP contribution in [0.25, 0.3) is 11.3 Å². The second kappa shape index (κ2) is 8.26. The van der Waals surface area contributed by atoms with Gasteiger partial charge in [-0.05, 0) is 53.2 Å². The Bertz CT molecular complexity index is 1030. The largest absolute Gasteiger partial charge is 0.496 e. The van der Waals surface area contributed by atoms with Crippen molar-refractivity contribution < 1.29 is 14.3 Å². The van der Waals surface area contributed by atoms with Gasteiger partial charge in [-0.25, -0.2) is 4.79 Å². The van der Waals surface area contributed by atoms with E-state index in [0.717, 1.165) is 15.7 Å². The summed E-state index contributed by atoms with van der Waals surface area (Å²) >= 11 is 3.49. The first-order valence-electron chi connectivity index (χ1n) is 8.44. The zero-order chi connectivity index (χ0) is 20.3. The average Bonchev–Trinajstić information content (AvgIpc) is 3.00. The van der Waals surface area contributed by atoms with E-state index in [0.29, 0.717) is 22.7 Å². The first-order valence-corrected chi connectivity index (χ1v) is 9.24. The first-order chi connectivity index (χ1) is 13.4. The van der Waals surface area contributed by atoms with Crippen LogP contribution >= 0.6 is 15.9 Å². The minimum atomic E-state index is -0.450. The van der Waals surface area contributed by atoms with Crippen molar-refractivity contribution in [2.75, 3.05) is 17.7 Å². The molecule has 0 bridgehead atoms. The van der Waals surface area contributed by atoms with Crippen LogP contribution in [0, 0.1) is 0 Å². The lowest BCUT2D eigenvalue weighted by Crippen LogP contribution is -2.20. The van der Waals surface area contributed by atoms with Crippen molar-refractivity contribution in [3.05, 3.63) is 58.7 Å². The molecule has 0 aliphatic heterocycles. The number of carbonyl (C=O) groups is 2. The molecule has 2 amide bonds. The normalized spacial score (nSPS) is 10.4. The molecular weight excluding hydrogens is 424 g/mol. The number of aromatic nitrogens is 2. The Morgan fingerprint density at radius 1 is 1.14 bits per heavy atom. The fraction of sp³-hybridized carbons (Fsp3) is 0.150. The summed E-state index contributed by atoms with van der Waals surface area (Å²) in [4.78, 5) is 24.2. The van der Waals surface area contributed by atoms with Gasteiger partial charge in [-0.1, -0.05) is 12.1 Å². The molecule has 0 spiro atoms. The first kappa shape index (κ1) is 19.6. The van der Waals surface area contributed by atoms with E-state index in [1.165, 1.54) is 6.92 Å². The number of halogens is 1. The van der Waals surface area contributed by atoms with Gasteiger partial charge in [0.1, 0.15) is 5.75 Å². The number of benzene rings is 2. The molecule has 2 N–H and O–H groups in total. The fourth-order valence-electron chi connectivity index (χ4n) is 2.87. The van der Waals surface area contributed by atoms with E-state index < -0.39 is 6.03 Å². The highest BCUT2D eigenvalue weighted by molar-refractivity contribution is 9.10. The molecule has 7 nitrogen and oxygen atoms in total. The number of para-hydroxylation sites is 1. The number of nitrogens with zero attached hydrogens (tertiary/aromatic N) is 2. The number of urea groups is 1. The van der Waals surface area contributed by atoms with Crippen molar-refractivity contribution in [3.63, 3.8) is 0 Å². The van der Waals surface area contributed by atoms with Crippen molar-refractivity contribution in [3.8, 4) is 17.0 Å². The molecule has 0 fully saturated rings. The van der Waals surface area contributed by atoms with Crippen molar-refractivity contribution in [1.29, 1.82) is 0 Å². The third-order valence-corrected chi connectivity index (χ3v) is 4.74. The highest BCUT2D eigenvalue weighted by atomic mass is 79.9. The van der Waals surface area contributed by atoms with Crippen LogP contribution in [-0.4, -0.2) is 28.7 Å². The Kier molecular flexibility index (Phi) is 5.79. The average molecular weight is 443 g/mol. The summed E-state index contributed by atoms with van der Waals surface area (Å²) in [6.45, 7) is 1.46. The van der Waals surface area contributed by atoms with Gasteiger partial charge in [-0.15, -0.1) is 0 Å². The highest BCUT2D eigenvalue weighted by Crippen LogP contribution is 2.36. The summed E-state index contributed by atoms with van der Waals surface area (Å²) in [6, 6.07) is 11.7. The molecule has 1 aromatic heterocycles. The lowest BCUT2D eigenvalue weighted by Gasteiger charge is -2.14. The maximum absolute atomic E-state index is 12.5. The number of carbonyl (C=O) groups excluding carboxylic acids is 2. The predicted molar refractivity (Wildman–Crippen MR) is 112 cm³/mol. The fourth-order valence-corrected chi connectivity index (χ4v) is 3.43. The summed E-state index contributed by atoms with van der Waals surface area (Å²) < 4.78 is 7.98. The maximum atomic E-state index is 12.5. The summed E-state index contributed by atoms with van der Waals surface area (Å²) in [5.74, 6) is 0.529. The number of hydrogen-bond donors (Lipinski definition) is 2.